The Morgan fingerprint density at radius 3 is 2.40 bits per heavy atom. The van der Waals surface area contributed by atoms with Gasteiger partial charge in [-0.05, 0) is 18.8 Å². The van der Waals surface area contributed by atoms with Crippen LogP contribution in [-0.2, 0) is 9.47 Å². The SMILES string of the molecule is CCC(CC)CNC(=NC)NCCCCOCCOC. The molecule has 0 aliphatic carbocycles. The van der Waals surface area contributed by atoms with Crippen molar-refractivity contribution >= 4 is 5.96 Å². The fourth-order valence-electron chi connectivity index (χ4n) is 1.82. The maximum atomic E-state index is 5.42. The van der Waals surface area contributed by atoms with Crippen LogP contribution in [0.3, 0.4) is 0 Å². The molecule has 0 rings (SSSR count). The van der Waals surface area contributed by atoms with Crippen LogP contribution >= 0.6 is 0 Å². The summed E-state index contributed by atoms with van der Waals surface area (Å²) in [5, 5.41) is 6.71. The number of rotatable bonds is 12. The van der Waals surface area contributed by atoms with Crippen LogP contribution in [0.4, 0.5) is 0 Å². The summed E-state index contributed by atoms with van der Waals surface area (Å²) in [6.45, 7) is 8.53. The van der Waals surface area contributed by atoms with Crippen LogP contribution in [0.2, 0.25) is 0 Å². The van der Waals surface area contributed by atoms with Gasteiger partial charge in [-0.15, -0.1) is 0 Å². The third-order valence-corrected chi connectivity index (χ3v) is 3.38. The summed E-state index contributed by atoms with van der Waals surface area (Å²) in [6.07, 6.45) is 4.55. The number of methoxy groups -OCH3 is 1. The Morgan fingerprint density at radius 2 is 1.80 bits per heavy atom. The molecule has 5 heteroatoms. The van der Waals surface area contributed by atoms with Crippen molar-refractivity contribution < 1.29 is 9.47 Å². The molecule has 0 aliphatic rings. The van der Waals surface area contributed by atoms with Gasteiger partial charge in [0.15, 0.2) is 5.96 Å². The molecular formula is C15H33N3O2. The molecular weight excluding hydrogens is 254 g/mol. The van der Waals surface area contributed by atoms with E-state index in [1.807, 2.05) is 7.05 Å². The molecule has 2 N–H and O–H groups in total. The molecule has 5 nitrogen and oxygen atoms in total. The zero-order valence-corrected chi connectivity index (χ0v) is 13.7. The van der Waals surface area contributed by atoms with Crippen molar-refractivity contribution in [3.8, 4) is 0 Å². The molecule has 0 atom stereocenters. The van der Waals surface area contributed by atoms with Gasteiger partial charge in [-0.2, -0.15) is 0 Å². The Morgan fingerprint density at radius 1 is 1.05 bits per heavy atom. The second-order valence-corrected chi connectivity index (χ2v) is 4.87. The Balaban J connectivity index is 3.51. The number of aliphatic imine (C=N–C) groups is 1. The van der Waals surface area contributed by atoms with Gasteiger partial charge in [-0.3, -0.25) is 4.99 Å². The van der Waals surface area contributed by atoms with Crippen LogP contribution in [-0.4, -0.2) is 53.0 Å². The molecule has 0 aromatic carbocycles. The second kappa shape index (κ2) is 14.6. The van der Waals surface area contributed by atoms with Crippen LogP contribution in [0.1, 0.15) is 39.5 Å². The molecule has 0 bridgehead atoms. The summed E-state index contributed by atoms with van der Waals surface area (Å²) in [4.78, 5) is 4.23. The van der Waals surface area contributed by atoms with Crippen molar-refractivity contribution in [2.45, 2.75) is 39.5 Å². The molecule has 0 fully saturated rings. The maximum absolute atomic E-state index is 5.42. The molecule has 0 aliphatic heterocycles. The van der Waals surface area contributed by atoms with Gasteiger partial charge in [-0.25, -0.2) is 0 Å². The highest BCUT2D eigenvalue weighted by atomic mass is 16.5. The molecule has 0 amide bonds. The van der Waals surface area contributed by atoms with E-state index in [0.717, 1.165) is 44.4 Å². The molecule has 0 heterocycles. The molecule has 120 valence electrons. The lowest BCUT2D eigenvalue weighted by molar-refractivity contribution is 0.0689. The van der Waals surface area contributed by atoms with Gasteiger partial charge < -0.3 is 20.1 Å². The van der Waals surface area contributed by atoms with E-state index in [9.17, 15) is 0 Å². The minimum absolute atomic E-state index is 0.671. The lowest BCUT2D eigenvalue weighted by atomic mass is 10.0. The van der Waals surface area contributed by atoms with E-state index in [-0.39, 0.29) is 0 Å². The number of unbranched alkanes of at least 4 members (excludes halogenated alkanes) is 1. The zero-order valence-electron chi connectivity index (χ0n) is 13.7. The molecule has 0 saturated heterocycles. The molecule has 0 aromatic heterocycles. The van der Waals surface area contributed by atoms with Crippen LogP contribution in [0.5, 0.6) is 0 Å². The standard InChI is InChI=1S/C15H33N3O2/c1-5-14(6-2)13-18-15(16-3)17-9-7-8-10-20-12-11-19-4/h14H,5-13H2,1-4H3,(H2,16,17,18). The lowest BCUT2D eigenvalue weighted by Crippen LogP contribution is -2.40. The van der Waals surface area contributed by atoms with Crippen molar-refractivity contribution in [1.29, 1.82) is 0 Å². The monoisotopic (exact) mass is 287 g/mol. The number of guanidine groups is 1. The molecule has 0 aromatic rings. The molecule has 0 saturated carbocycles. The fourth-order valence-corrected chi connectivity index (χ4v) is 1.82. The van der Waals surface area contributed by atoms with E-state index >= 15 is 0 Å². The van der Waals surface area contributed by atoms with Crippen LogP contribution in [0.15, 0.2) is 4.99 Å². The van der Waals surface area contributed by atoms with Crippen LogP contribution < -0.4 is 10.6 Å². The van der Waals surface area contributed by atoms with E-state index in [2.05, 4.69) is 29.5 Å². The van der Waals surface area contributed by atoms with Gasteiger partial charge in [0.05, 0.1) is 13.2 Å². The summed E-state index contributed by atoms with van der Waals surface area (Å²) in [6, 6.07) is 0. The van der Waals surface area contributed by atoms with Gasteiger partial charge in [0.25, 0.3) is 0 Å². The highest BCUT2D eigenvalue weighted by molar-refractivity contribution is 5.79. The Labute approximate surface area is 124 Å². The summed E-state index contributed by atoms with van der Waals surface area (Å²) in [5.74, 6) is 1.62. The minimum atomic E-state index is 0.671. The third-order valence-electron chi connectivity index (χ3n) is 3.38. The number of hydrogen-bond donors (Lipinski definition) is 2. The Bertz CT molecular complexity index is 231. The Kier molecular flexibility index (Phi) is 14.0. The van der Waals surface area contributed by atoms with Crippen molar-refractivity contribution in [1.82, 2.24) is 10.6 Å². The largest absolute Gasteiger partial charge is 0.382 e. The normalized spacial score (nSPS) is 11.9. The zero-order chi connectivity index (χ0) is 15.1. The quantitative estimate of drug-likeness (QED) is 0.328. The van der Waals surface area contributed by atoms with Crippen molar-refractivity contribution in [3.63, 3.8) is 0 Å². The maximum Gasteiger partial charge on any atom is 0.190 e. The van der Waals surface area contributed by atoms with E-state index < -0.39 is 0 Å². The first-order valence-electron chi connectivity index (χ1n) is 7.79. The third kappa shape index (κ3) is 11.1. The Hall–Kier alpha value is -0.810. The first kappa shape index (κ1) is 19.2. The van der Waals surface area contributed by atoms with Crippen LogP contribution in [0, 0.1) is 5.92 Å². The smallest absolute Gasteiger partial charge is 0.190 e. The van der Waals surface area contributed by atoms with Crippen LogP contribution in [0.25, 0.3) is 0 Å². The first-order chi connectivity index (χ1) is 9.78. The average Bonchev–Trinajstić information content (AvgIpc) is 2.48. The molecule has 20 heavy (non-hydrogen) atoms. The second-order valence-electron chi connectivity index (χ2n) is 4.87. The van der Waals surface area contributed by atoms with E-state index in [4.69, 9.17) is 9.47 Å². The molecule has 0 spiro atoms. The predicted molar refractivity (Wildman–Crippen MR) is 85.4 cm³/mol. The van der Waals surface area contributed by atoms with Gasteiger partial charge in [-0.1, -0.05) is 26.7 Å². The summed E-state index contributed by atoms with van der Waals surface area (Å²) in [5.41, 5.74) is 0. The van der Waals surface area contributed by atoms with E-state index in [1.165, 1.54) is 12.8 Å². The average molecular weight is 287 g/mol. The van der Waals surface area contributed by atoms with Gasteiger partial charge >= 0.3 is 0 Å². The predicted octanol–water partition coefficient (Wildman–Crippen LogP) is 2.03. The van der Waals surface area contributed by atoms with Crippen molar-refractivity contribution in [3.05, 3.63) is 0 Å². The number of nitrogens with zero attached hydrogens (tertiary/aromatic N) is 1. The van der Waals surface area contributed by atoms with Gasteiger partial charge in [0, 0.05) is 33.9 Å². The molecule has 0 radical (unpaired) electrons. The summed E-state index contributed by atoms with van der Waals surface area (Å²) < 4.78 is 10.3. The van der Waals surface area contributed by atoms with E-state index in [0.29, 0.717) is 13.2 Å². The topological polar surface area (TPSA) is 54.9 Å². The number of ether oxygens (including phenoxy) is 2. The van der Waals surface area contributed by atoms with Crippen molar-refractivity contribution in [2.75, 3.05) is 47.1 Å². The fraction of sp³-hybridized carbons (Fsp3) is 0.933. The molecule has 0 unspecified atom stereocenters. The first-order valence-corrected chi connectivity index (χ1v) is 7.79. The highest BCUT2D eigenvalue weighted by Crippen LogP contribution is 2.04. The van der Waals surface area contributed by atoms with Crippen molar-refractivity contribution in [2.24, 2.45) is 10.9 Å². The number of nitrogens with one attached hydrogen (secondary N) is 2. The summed E-state index contributed by atoms with van der Waals surface area (Å²) >= 11 is 0. The minimum Gasteiger partial charge on any atom is -0.382 e. The lowest BCUT2D eigenvalue weighted by Gasteiger charge is -2.16. The highest BCUT2D eigenvalue weighted by Gasteiger charge is 2.04. The van der Waals surface area contributed by atoms with E-state index in [1.54, 1.807) is 7.11 Å². The van der Waals surface area contributed by atoms with Gasteiger partial charge in [0.1, 0.15) is 0 Å². The summed E-state index contributed by atoms with van der Waals surface area (Å²) in [7, 11) is 3.50. The number of hydrogen-bond acceptors (Lipinski definition) is 3. The van der Waals surface area contributed by atoms with Gasteiger partial charge in [0.2, 0.25) is 0 Å².